The number of amides is 1. The first kappa shape index (κ1) is 14.0. The molecule has 7 heteroatoms. The van der Waals surface area contributed by atoms with E-state index in [9.17, 15) is 9.18 Å². The summed E-state index contributed by atoms with van der Waals surface area (Å²) in [5, 5.41) is 10.2. The van der Waals surface area contributed by atoms with E-state index >= 15 is 0 Å². The van der Waals surface area contributed by atoms with Gasteiger partial charge >= 0.3 is 0 Å². The highest BCUT2D eigenvalue weighted by Crippen LogP contribution is 2.18. The van der Waals surface area contributed by atoms with Gasteiger partial charge in [0.1, 0.15) is 12.1 Å². The SMILES string of the molecule is CN(C)c1ccc(C(=O)NCc2nncn2C)cc1F. The average Bonchev–Trinajstić information content (AvgIpc) is 2.81. The molecule has 20 heavy (non-hydrogen) atoms. The third-order valence-electron chi connectivity index (χ3n) is 2.90. The van der Waals surface area contributed by atoms with Crippen LogP contribution in [0.15, 0.2) is 24.5 Å². The van der Waals surface area contributed by atoms with E-state index < -0.39 is 5.82 Å². The van der Waals surface area contributed by atoms with E-state index in [0.717, 1.165) is 0 Å². The zero-order valence-electron chi connectivity index (χ0n) is 11.6. The Morgan fingerprint density at radius 2 is 2.20 bits per heavy atom. The van der Waals surface area contributed by atoms with Crippen molar-refractivity contribution in [1.29, 1.82) is 0 Å². The van der Waals surface area contributed by atoms with Gasteiger partial charge in [-0.3, -0.25) is 4.79 Å². The molecule has 0 bridgehead atoms. The number of hydrogen-bond donors (Lipinski definition) is 1. The van der Waals surface area contributed by atoms with Gasteiger partial charge in [-0.05, 0) is 18.2 Å². The van der Waals surface area contributed by atoms with Crippen LogP contribution in [-0.4, -0.2) is 34.8 Å². The predicted molar refractivity (Wildman–Crippen MR) is 72.9 cm³/mol. The summed E-state index contributed by atoms with van der Waals surface area (Å²) < 4.78 is 15.5. The number of carbonyl (C=O) groups excluding carboxylic acids is 1. The van der Waals surface area contributed by atoms with Gasteiger partial charge in [0, 0.05) is 26.7 Å². The number of rotatable bonds is 4. The molecule has 0 saturated heterocycles. The van der Waals surface area contributed by atoms with Crippen LogP contribution in [0.25, 0.3) is 0 Å². The van der Waals surface area contributed by atoms with Gasteiger partial charge in [-0.15, -0.1) is 10.2 Å². The van der Waals surface area contributed by atoms with Crippen molar-refractivity contribution in [2.75, 3.05) is 19.0 Å². The van der Waals surface area contributed by atoms with Gasteiger partial charge in [0.15, 0.2) is 5.82 Å². The first-order valence-corrected chi connectivity index (χ1v) is 6.07. The van der Waals surface area contributed by atoms with E-state index in [4.69, 9.17) is 0 Å². The molecule has 0 spiro atoms. The lowest BCUT2D eigenvalue weighted by Crippen LogP contribution is -2.24. The van der Waals surface area contributed by atoms with Gasteiger partial charge in [0.25, 0.3) is 5.91 Å². The molecule has 0 aliphatic carbocycles. The highest BCUT2D eigenvalue weighted by molar-refractivity contribution is 5.94. The van der Waals surface area contributed by atoms with Crippen LogP contribution in [-0.2, 0) is 13.6 Å². The second kappa shape index (κ2) is 5.68. The van der Waals surface area contributed by atoms with E-state index in [1.54, 1.807) is 49.1 Å². The summed E-state index contributed by atoms with van der Waals surface area (Å²) in [7, 11) is 5.27. The molecule has 1 N–H and O–H groups in total. The fraction of sp³-hybridized carbons (Fsp3) is 0.308. The second-order valence-electron chi connectivity index (χ2n) is 4.60. The molecule has 0 aliphatic heterocycles. The topological polar surface area (TPSA) is 63.1 Å². The molecule has 0 unspecified atom stereocenters. The van der Waals surface area contributed by atoms with E-state index in [1.807, 2.05) is 0 Å². The largest absolute Gasteiger partial charge is 0.375 e. The Hall–Kier alpha value is -2.44. The number of aromatic nitrogens is 3. The molecule has 106 valence electrons. The molecule has 0 fully saturated rings. The number of aryl methyl sites for hydroxylation is 1. The summed E-state index contributed by atoms with van der Waals surface area (Å²) in [6.07, 6.45) is 1.55. The number of halogens is 1. The Morgan fingerprint density at radius 1 is 1.45 bits per heavy atom. The quantitative estimate of drug-likeness (QED) is 0.904. The van der Waals surface area contributed by atoms with Crippen molar-refractivity contribution >= 4 is 11.6 Å². The third-order valence-corrected chi connectivity index (χ3v) is 2.90. The minimum Gasteiger partial charge on any atom is -0.375 e. The molecule has 1 aromatic heterocycles. The minimum absolute atomic E-state index is 0.242. The van der Waals surface area contributed by atoms with E-state index in [2.05, 4.69) is 15.5 Å². The average molecular weight is 277 g/mol. The van der Waals surface area contributed by atoms with Crippen LogP contribution >= 0.6 is 0 Å². The highest BCUT2D eigenvalue weighted by Gasteiger charge is 2.11. The lowest BCUT2D eigenvalue weighted by Gasteiger charge is -2.14. The lowest BCUT2D eigenvalue weighted by atomic mass is 10.1. The molecule has 1 amide bonds. The van der Waals surface area contributed by atoms with Crippen LogP contribution in [0, 0.1) is 5.82 Å². The normalized spacial score (nSPS) is 10.4. The van der Waals surface area contributed by atoms with E-state index in [1.165, 1.54) is 6.07 Å². The van der Waals surface area contributed by atoms with Crippen LogP contribution in [0.1, 0.15) is 16.2 Å². The van der Waals surface area contributed by atoms with Gasteiger partial charge in [-0.1, -0.05) is 0 Å². The number of anilines is 1. The molecule has 2 rings (SSSR count). The van der Waals surface area contributed by atoms with Gasteiger partial charge in [-0.2, -0.15) is 0 Å². The third kappa shape index (κ3) is 2.93. The Morgan fingerprint density at radius 3 is 2.75 bits per heavy atom. The minimum atomic E-state index is -0.429. The first-order chi connectivity index (χ1) is 9.49. The maximum absolute atomic E-state index is 13.8. The van der Waals surface area contributed by atoms with Crippen molar-refractivity contribution in [2.24, 2.45) is 7.05 Å². The van der Waals surface area contributed by atoms with Crippen LogP contribution < -0.4 is 10.2 Å². The number of benzene rings is 1. The van der Waals surface area contributed by atoms with Crippen molar-refractivity contribution in [3.05, 3.63) is 41.7 Å². The Bertz CT molecular complexity index is 623. The standard InChI is InChI=1S/C13H16FN5O/c1-18(2)11-5-4-9(6-10(11)14)13(20)15-7-12-17-16-8-19(12)3/h4-6,8H,7H2,1-3H3,(H,15,20). The van der Waals surface area contributed by atoms with Gasteiger partial charge in [0.2, 0.25) is 0 Å². The fourth-order valence-corrected chi connectivity index (χ4v) is 1.74. The van der Waals surface area contributed by atoms with Crippen LogP contribution in [0.3, 0.4) is 0 Å². The zero-order chi connectivity index (χ0) is 14.7. The van der Waals surface area contributed by atoms with Gasteiger partial charge in [0.05, 0.1) is 12.2 Å². The molecule has 1 aromatic carbocycles. The Kier molecular flexibility index (Phi) is 3.97. The molecule has 0 aliphatic rings. The summed E-state index contributed by atoms with van der Waals surface area (Å²) >= 11 is 0. The van der Waals surface area contributed by atoms with Crippen molar-refractivity contribution in [3.63, 3.8) is 0 Å². The van der Waals surface area contributed by atoms with E-state index in [-0.39, 0.29) is 18.0 Å². The van der Waals surface area contributed by atoms with Crippen molar-refractivity contribution in [1.82, 2.24) is 20.1 Å². The fourth-order valence-electron chi connectivity index (χ4n) is 1.74. The predicted octanol–water partition coefficient (Wildman–Crippen LogP) is 0.950. The maximum atomic E-state index is 13.8. The van der Waals surface area contributed by atoms with Crippen LogP contribution in [0.2, 0.25) is 0 Å². The molecule has 0 atom stereocenters. The highest BCUT2D eigenvalue weighted by atomic mass is 19.1. The molecule has 6 nitrogen and oxygen atoms in total. The molecule has 1 heterocycles. The number of carbonyl (C=O) groups is 1. The Labute approximate surface area is 116 Å². The van der Waals surface area contributed by atoms with Crippen LogP contribution in [0.5, 0.6) is 0 Å². The summed E-state index contributed by atoms with van der Waals surface area (Å²) in [4.78, 5) is 13.6. The zero-order valence-corrected chi connectivity index (χ0v) is 11.6. The lowest BCUT2D eigenvalue weighted by molar-refractivity contribution is 0.0949. The summed E-state index contributed by atoms with van der Waals surface area (Å²) in [6.45, 7) is 0.242. The summed E-state index contributed by atoms with van der Waals surface area (Å²) in [5.74, 6) is -0.151. The number of hydrogen-bond acceptors (Lipinski definition) is 4. The monoisotopic (exact) mass is 277 g/mol. The van der Waals surface area contributed by atoms with Crippen molar-refractivity contribution < 1.29 is 9.18 Å². The first-order valence-electron chi connectivity index (χ1n) is 6.07. The summed E-state index contributed by atoms with van der Waals surface area (Å²) in [5.41, 5.74) is 0.713. The smallest absolute Gasteiger partial charge is 0.251 e. The van der Waals surface area contributed by atoms with Gasteiger partial charge in [-0.25, -0.2) is 4.39 Å². The van der Waals surface area contributed by atoms with Gasteiger partial charge < -0.3 is 14.8 Å². The van der Waals surface area contributed by atoms with Crippen molar-refractivity contribution in [3.8, 4) is 0 Å². The van der Waals surface area contributed by atoms with Crippen LogP contribution in [0.4, 0.5) is 10.1 Å². The number of nitrogens with zero attached hydrogens (tertiary/aromatic N) is 4. The number of nitrogens with one attached hydrogen (secondary N) is 1. The Balaban J connectivity index is 2.06. The molecular weight excluding hydrogens is 261 g/mol. The molecular formula is C13H16FN5O. The molecule has 0 radical (unpaired) electrons. The van der Waals surface area contributed by atoms with Crippen molar-refractivity contribution in [2.45, 2.75) is 6.54 Å². The summed E-state index contributed by atoms with van der Waals surface area (Å²) in [6, 6.07) is 4.39. The van der Waals surface area contributed by atoms with E-state index in [0.29, 0.717) is 11.5 Å². The maximum Gasteiger partial charge on any atom is 0.251 e. The molecule has 0 saturated carbocycles. The molecule has 2 aromatic rings. The second-order valence-corrected chi connectivity index (χ2v) is 4.60.